The zero-order valence-electron chi connectivity index (χ0n) is 5.67. The summed E-state index contributed by atoms with van der Waals surface area (Å²) in [6.45, 7) is 0.429. The van der Waals surface area contributed by atoms with Gasteiger partial charge in [-0.25, -0.2) is 4.79 Å². The van der Waals surface area contributed by atoms with Gasteiger partial charge in [0.1, 0.15) is 6.61 Å². The van der Waals surface area contributed by atoms with Crippen LogP contribution >= 0.6 is 0 Å². The zero-order valence-corrected chi connectivity index (χ0v) is 5.67. The third kappa shape index (κ3) is 0.696. The molecule has 1 N–H and O–H groups in total. The Bertz CT molecular complexity index is 159. The van der Waals surface area contributed by atoms with Crippen LogP contribution in [0.15, 0.2) is 0 Å². The number of ether oxygens (including phenoxy) is 1. The van der Waals surface area contributed by atoms with Gasteiger partial charge in [0.15, 0.2) is 0 Å². The summed E-state index contributed by atoms with van der Waals surface area (Å²) in [4.78, 5) is 9.98. The van der Waals surface area contributed by atoms with Crippen LogP contribution in [-0.2, 0) is 4.74 Å². The second-order valence-electron chi connectivity index (χ2n) is 3.53. The first kappa shape index (κ1) is 6.01. The number of rotatable bonds is 2. The molecule has 0 atom stereocenters. The molecule has 0 spiro atoms. The molecule has 56 valence electrons. The van der Waals surface area contributed by atoms with Crippen molar-refractivity contribution in [3.8, 4) is 0 Å². The fourth-order valence-corrected chi connectivity index (χ4v) is 2.05. The molecule has 0 aliphatic heterocycles. The van der Waals surface area contributed by atoms with Gasteiger partial charge in [-0.15, -0.1) is 0 Å². The lowest BCUT2D eigenvalue weighted by atomic mass is 9.45. The summed E-state index contributed by atoms with van der Waals surface area (Å²) in [6, 6.07) is 0. The van der Waals surface area contributed by atoms with Crippen molar-refractivity contribution in [1.29, 1.82) is 0 Å². The van der Waals surface area contributed by atoms with Crippen molar-refractivity contribution in [3.05, 3.63) is 0 Å². The summed E-state index contributed by atoms with van der Waals surface area (Å²) in [5.74, 6) is 0.900. The maximum absolute atomic E-state index is 9.98. The Kier molecular flexibility index (Phi) is 0.993. The predicted octanol–water partition coefficient (Wildman–Crippen LogP) is 1.48. The van der Waals surface area contributed by atoms with Crippen LogP contribution in [-0.4, -0.2) is 17.9 Å². The Morgan fingerprint density at radius 2 is 2.20 bits per heavy atom. The largest absolute Gasteiger partial charge is 0.505 e. The summed E-state index contributed by atoms with van der Waals surface area (Å²) in [5.41, 5.74) is 0.295. The number of carboxylic acid groups (broad SMARTS) is 1. The summed E-state index contributed by atoms with van der Waals surface area (Å²) >= 11 is 0. The van der Waals surface area contributed by atoms with E-state index >= 15 is 0 Å². The average Bonchev–Trinajstić information content (AvgIpc) is 1.56. The molecular weight excluding hydrogens is 132 g/mol. The molecule has 3 saturated carbocycles. The first-order valence-corrected chi connectivity index (χ1v) is 3.56. The molecule has 0 saturated heterocycles. The van der Waals surface area contributed by atoms with Gasteiger partial charge in [0, 0.05) is 5.41 Å². The SMILES string of the molecule is O=C(O)OCC12CC(C1)C2. The van der Waals surface area contributed by atoms with E-state index in [4.69, 9.17) is 5.11 Å². The van der Waals surface area contributed by atoms with Crippen LogP contribution < -0.4 is 0 Å². The number of hydrogen-bond donors (Lipinski definition) is 1. The first-order valence-electron chi connectivity index (χ1n) is 3.56. The van der Waals surface area contributed by atoms with Crippen LogP contribution in [0.5, 0.6) is 0 Å². The first-order chi connectivity index (χ1) is 4.70. The molecule has 3 rings (SSSR count). The van der Waals surface area contributed by atoms with Gasteiger partial charge < -0.3 is 9.84 Å². The standard InChI is InChI=1S/C7H10O3/c8-6(9)10-4-7-1-5(2-7)3-7/h5H,1-4H2,(H,8,9). The average molecular weight is 142 g/mol. The van der Waals surface area contributed by atoms with Gasteiger partial charge >= 0.3 is 6.16 Å². The van der Waals surface area contributed by atoms with Gasteiger partial charge in [0.25, 0.3) is 0 Å². The van der Waals surface area contributed by atoms with E-state index in [0.717, 1.165) is 5.92 Å². The van der Waals surface area contributed by atoms with Gasteiger partial charge in [0.2, 0.25) is 0 Å². The van der Waals surface area contributed by atoms with Gasteiger partial charge in [-0.1, -0.05) is 0 Å². The van der Waals surface area contributed by atoms with Crippen LogP contribution in [0.3, 0.4) is 0 Å². The van der Waals surface area contributed by atoms with E-state index in [1.807, 2.05) is 0 Å². The van der Waals surface area contributed by atoms with Crippen molar-refractivity contribution >= 4 is 6.16 Å². The summed E-state index contributed by atoms with van der Waals surface area (Å²) < 4.78 is 4.50. The molecule has 3 heteroatoms. The van der Waals surface area contributed by atoms with Crippen LogP contribution in [0, 0.1) is 11.3 Å². The lowest BCUT2D eigenvalue weighted by molar-refractivity contribution is -0.143. The third-order valence-corrected chi connectivity index (χ3v) is 2.67. The van der Waals surface area contributed by atoms with E-state index in [0.29, 0.717) is 12.0 Å². The van der Waals surface area contributed by atoms with E-state index < -0.39 is 6.16 Å². The number of carbonyl (C=O) groups is 1. The molecule has 0 aromatic rings. The molecule has 0 unspecified atom stereocenters. The minimum absolute atomic E-state index is 0.295. The molecule has 0 radical (unpaired) electrons. The highest BCUT2D eigenvalue weighted by molar-refractivity contribution is 5.56. The Morgan fingerprint density at radius 3 is 2.50 bits per heavy atom. The van der Waals surface area contributed by atoms with Crippen molar-refractivity contribution in [2.45, 2.75) is 19.3 Å². The second kappa shape index (κ2) is 1.65. The second-order valence-corrected chi connectivity index (χ2v) is 3.53. The molecule has 2 bridgehead atoms. The lowest BCUT2D eigenvalue weighted by Gasteiger charge is -2.61. The molecule has 0 aromatic heterocycles. The van der Waals surface area contributed by atoms with Crippen molar-refractivity contribution in [2.75, 3.05) is 6.61 Å². The van der Waals surface area contributed by atoms with Crippen LogP contribution in [0.25, 0.3) is 0 Å². The smallest absolute Gasteiger partial charge is 0.450 e. The van der Waals surface area contributed by atoms with Gasteiger partial charge in [-0.05, 0) is 25.2 Å². The zero-order chi connectivity index (χ0) is 7.19. The molecule has 3 aliphatic carbocycles. The highest BCUT2D eigenvalue weighted by atomic mass is 16.7. The normalized spacial score (nSPS) is 41.4. The van der Waals surface area contributed by atoms with Crippen LogP contribution in [0.1, 0.15) is 19.3 Å². The molecule has 3 aliphatic rings. The summed E-state index contributed by atoms with van der Waals surface area (Å²) in [7, 11) is 0. The fraction of sp³-hybridized carbons (Fsp3) is 0.857. The molecular formula is C7H10O3. The molecule has 0 heterocycles. The molecule has 0 amide bonds. The topological polar surface area (TPSA) is 46.5 Å². The van der Waals surface area contributed by atoms with E-state index in [1.54, 1.807) is 0 Å². The van der Waals surface area contributed by atoms with E-state index in [9.17, 15) is 4.79 Å². The quantitative estimate of drug-likeness (QED) is 0.594. The third-order valence-electron chi connectivity index (χ3n) is 2.67. The molecule has 10 heavy (non-hydrogen) atoms. The molecule has 3 nitrogen and oxygen atoms in total. The van der Waals surface area contributed by atoms with E-state index in [-0.39, 0.29) is 0 Å². The maximum atomic E-state index is 9.98. The highest BCUT2D eigenvalue weighted by Crippen LogP contribution is 2.64. The maximum Gasteiger partial charge on any atom is 0.505 e. The minimum Gasteiger partial charge on any atom is -0.450 e. The van der Waals surface area contributed by atoms with E-state index in [2.05, 4.69) is 4.74 Å². The fourth-order valence-electron chi connectivity index (χ4n) is 2.05. The number of hydrogen-bond acceptors (Lipinski definition) is 2. The Balaban J connectivity index is 1.75. The highest BCUT2D eigenvalue weighted by Gasteiger charge is 2.57. The van der Waals surface area contributed by atoms with E-state index in [1.165, 1.54) is 19.3 Å². The minimum atomic E-state index is -1.13. The van der Waals surface area contributed by atoms with Crippen molar-refractivity contribution in [1.82, 2.24) is 0 Å². The van der Waals surface area contributed by atoms with Gasteiger partial charge in [0.05, 0.1) is 0 Å². The Morgan fingerprint density at radius 1 is 1.60 bits per heavy atom. The van der Waals surface area contributed by atoms with Crippen LogP contribution in [0.4, 0.5) is 4.79 Å². The van der Waals surface area contributed by atoms with Crippen molar-refractivity contribution in [3.63, 3.8) is 0 Å². The van der Waals surface area contributed by atoms with Crippen molar-refractivity contribution in [2.24, 2.45) is 11.3 Å². The summed E-state index contributed by atoms with van der Waals surface area (Å²) in [5, 5.41) is 8.19. The lowest BCUT2D eigenvalue weighted by Crippen LogP contribution is -2.54. The van der Waals surface area contributed by atoms with Gasteiger partial charge in [-0.2, -0.15) is 0 Å². The Labute approximate surface area is 59.0 Å². The summed E-state index contributed by atoms with van der Waals surface area (Å²) in [6.07, 6.45) is 2.45. The predicted molar refractivity (Wildman–Crippen MR) is 33.8 cm³/mol. The molecule has 3 fully saturated rings. The van der Waals surface area contributed by atoms with Crippen LogP contribution in [0.2, 0.25) is 0 Å². The van der Waals surface area contributed by atoms with Crippen molar-refractivity contribution < 1.29 is 14.6 Å². The Hall–Kier alpha value is -0.730. The monoisotopic (exact) mass is 142 g/mol. The van der Waals surface area contributed by atoms with Gasteiger partial charge in [-0.3, -0.25) is 0 Å². The molecule has 0 aromatic carbocycles.